The minimum atomic E-state index is -0.0565. The number of ether oxygens (including phenoxy) is 2. The Labute approximate surface area is 116 Å². The van der Waals surface area contributed by atoms with E-state index >= 15 is 0 Å². The molecule has 1 fully saturated rings. The molecule has 0 spiro atoms. The molecule has 1 aromatic carbocycles. The lowest BCUT2D eigenvalue weighted by Crippen LogP contribution is -2.35. The number of methoxy groups -OCH3 is 2. The number of hydrogen-bond donors (Lipinski definition) is 1. The van der Waals surface area contributed by atoms with E-state index in [2.05, 4.69) is 0 Å². The third-order valence-corrected chi connectivity index (χ3v) is 4.24. The van der Waals surface area contributed by atoms with Gasteiger partial charge in [-0.3, -0.25) is 0 Å². The van der Waals surface area contributed by atoms with E-state index in [1.165, 1.54) is 32.1 Å². The third kappa shape index (κ3) is 3.48. The highest BCUT2D eigenvalue weighted by Crippen LogP contribution is 2.33. The van der Waals surface area contributed by atoms with Gasteiger partial charge in [0.2, 0.25) is 0 Å². The minimum Gasteiger partial charge on any atom is -0.497 e. The van der Waals surface area contributed by atoms with Crippen LogP contribution in [0, 0.1) is 5.92 Å². The van der Waals surface area contributed by atoms with Crippen molar-refractivity contribution in [3.05, 3.63) is 29.8 Å². The topological polar surface area (TPSA) is 44.5 Å². The lowest BCUT2D eigenvalue weighted by molar-refractivity contribution is 0.0173. The standard InChI is InChI=1S/C16H25NO2/c1-18-14-10-8-12(9-11-14)15(17)16(19-2)13-6-4-3-5-7-13/h8-11,13,15-16H,3-7,17H2,1-2H3. The van der Waals surface area contributed by atoms with Crippen molar-refractivity contribution in [2.45, 2.75) is 44.2 Å². The summed E-state index contributed by atoms with van der Waals surface area (Å²) in [6.45, 7) is 0. The second-order valence-corrected chi connectivity index (χ2v) is 5.40. The zero-order valence-corrected chi connectivity index (χ0v) is 12.0. The molecule has 2 atom stereocenters. The van der Waals surface area contributed by atoms with Gasteiger partial charge in [-0.15, -0.1) is 0 Å². The SMILES string of the molecule is COc1ccc(C(N)C(OC)C2CCCCC2)cc1. The van der Waals surface area contributed by atoms with Crippen LogP contribution < -0.4 is 10.5 Å². The van der Waals surface area contributed by atoms with E-state index in [9.17, 15) is 0 Å². The van der Waals surface area contributed by atoms with Crippen molar-refractivity contribution in [2.75, 3.05) is 14.2 Å². The lowest BCUT2D eigenvalue weighted by Gasteiger charge is -2.33. The van der Waals surface area contributed by atoms with Gasteiger partial charge in [0, 0.05) is 7.11 Å². The van der Waals surface area contributed by atoms with Gasteiger partial charge in [-0.25, -0.2) is 0 Å². The van der Waals surface area contributed by atoms with E-state index in [-0.39, 0.29) is 12.1 Å². The van der Waals surface area contributed by atoms with Gasteiger partial charge in [-0.1, -0.05) is 31.4 Å². The Balaban J connectivity index is 2.07. The zero-order valence-electron chi connectivity index (χ0n) is 12.0. The Morgan fingerprint density at radius 2 is 1.68 bits per heavy atom. The van der Waals surface area contributed by atoms with Gasteiger partial charge in [0.25, 0.3) is 0 Å². The number of rotatable bonds is 5. The lowest BCUT2D eigenvalue weighted by atomic mass is 9.81. The minimum absolute atomic E-state index is 0.0565. The molecule has 0 aliphatic heterocycles. The molecule has 0 radical (unpaired) electrons. The third-order valence-electron chi connectivity index (χ3n) is 4.24. The molecule has 3 heteroatoms. The van der Waals surface area contributed by atoms with Gasteiger partial charge >= 0.3 is 0 Å². The summed E-state index contributed by atoms with van der Waals surface area (Å²) in [5.74, 6) is 1.46. The molecule has 0 heterocycles. The van der Waals surface area contributed by atoms with Crippen LogP contribution in [0.1, 0.15) is 43.7 Å². The molecule has 106 valence electrons. The first-order valence-electron chi connectivity index (χ1n) is 7.18. The Bertz CT molecular complexity index is 371. The molecule has 2 rings (SSSR count). The maximum atomic E-state index is 6.41. The summed E-state index contributed by atoms with van der Waals surface area (Å²) in [6.07, 6.45) is 6.56. The summed E-state index contributed by atoms with van der Waals surface area (Å²) in [7, 11) is 3.46. The van der Waals surface area contributed by atoms with Crippen molar-refractivity contribution in [3.63, 3.8) is 0 Å². The first-order valence-corrected chi connectivity index (χ1v) is 7.18. The molecule has 0 aromatic heterocycles. The normalized spacial score (nSPS) is 19.9. The van der Waals surface area contributed by atoms with Crippen molar-refractivity contribution >= 4 is 0 Å². The summed E-state index contributed by atoms with van der Waals surface area (Å²) >= 11 is 0. The predicted molar refractivity (Wildman–Crippen MR) is 77.3 cm³/mol. The average molecular weight is 263 g/mol. The molecule has 0 saturated heterocycles. The molecule has 1 aliphatic carbocycles. The van der Waals surface area contributed by atoms with E-state index in [1.807, 2.05) is 24.3 Å². The van der Waals surface area contributed by atoms with Gasteiger partial charge in [0.05, 0.1) is 19.3 Å². The summed E-state index contributed by atoms with van der Waals surface area (Å²) in [6, 6.07) is 7.95. The molecular weight excluding hydrogens is 238 g/mol. The quantitative estimate of drug-likeness (QED) is 0.886. The molecule has 2 N–H and O–H groups in total. The zero-order chi connectivity index (χ0) is 13.7. The Morgan fingerprint density at radius 3 is 2.21 bits per heavy atom. The van der Waals surface area contributed by atoms with Crippen LogP contribution in [0.4, 0.5) is 0 Å². The van der Waals surface area contributed by atoms with E-state index in [1.54, 1.807) is 14.2 Å². The molecule has 1 aliphatic rings. The highest BCUT2D eigenvalue weighted by molar-refractivity contribution is 5.29. The molecule has 1 aromatic rings. The van der Waals surface area contributed by atoms with E-state index in [0.717, 1.165) is 11.3 Å². The second-order valence-electron chi connectivity index (χ2n) is 5.40. The van der Waals surface area contributed by atoms with Crippen molar-refractivity contribution in [2.24, 2.45) is 11.7 Å². The van der Waals surface area contributed by atoms with Crippen LogP contribution in [-0.4, -0.2) is 20.3 Å². The van der Waals surface area contributed by atoms with Gasteiger partial charge in [-0.2, -0.15) is 0 Å². The smallest absolute Gasteiger partial charge is 0.118 e. The molecule has 19 heavy (non-hydrogen) atoms. The van der Waals surface area contributed by atoms with E-state index < -0.39 is 0 Å². The molecule has 2 unspecified atom stereocenters. The molecule has 0 bridgehead atoms. The molecule has 0 amide bonds. The highest BCUT2D eigenvalue weighted by Gasteiger charge is 2.29. The van der Waals surface area contributed by atoms with Crippen LogP contribution in [0.3, 0.4) is 0 Å². The van der Waals surface area contributed by atoms with Gasteiger partial charge in [0.15, 0.2) is 0 Å². The van der Waals surface area contributed by atoms with Crippen molar-refractivity contribution in [1.82, 2.24) is 0 Å². The monoisotopic (exact) mass is 263 g/mol. The summed E-state index contributed by atoms with van der Waals surface area (Å²) in [5, 5.41) is 0. The first kappa shape index (κ1) is 14.4. The van der Waals surface area contributed by atoms with Crippen LogP contribution >= 0.6 is 0 Å². The summed E-state index contributed by atoms with van der Waals surface area (Å²) < 4.78 is 10.9. The summed E-state index contributed by atoms with van der Waals surface area (Å²) in [4.78, 5) is 0. The van der Waals surface area contributed by atoms with Gasteiger partial charge < -0.3 is 15.2 Å². The highest BCUT2D eigenvalue weighted by atomic mass is 16.5. The van der Waals surface area contributed by atoms with E-state index in [0.29, 0.717) is 5.92 Å². The number of benzene rings is 1. The largest absolute Gasteiger partial charge is 0.497 e. The second kappa shape index (κ2) is 6.92. The molecule has 3 nitrogen and oxygen atoms in total. The Kier molecular flexibility index (Phi) is 5.23. The fourth-order valence-electron chi connectivity index (χ4n) is 3.11. The van der Waals surface area contributed by atoms with Crippen LogP contribution in [0.15, 0.2) is 24.3 Å². The van der Waals surface area contributed by atoms with Crippen LogP contribution in [0.2, 0.25) is 0 Å². The Morgan fingerprint density at radius 1 is 1.05 bits per heavy atom. The van der Waals surface area contributed by atoms with Gasteiger partial charge in [0.1, 0.15) is 5.75 Å². The maximum Gasteiger partial charge on any atom is 0.118 e. The van der Waals surface area contributed by atoms with Crippen molar-refractivity contribution in [3.8, 4) is 5.75 Å². The van der Waals surface area contributed by atoms with Crippen LogP contribution in [-0.2, 0) is 4.74 Å². The van der Waals surface area contributed by atoms with Crippen LogP contribution in [0.5, 0.6) is 5.75 Å². The maximum absolute atomic E-state index is 6.41. The fraction of sp³-hybridized carbons (Fsp3) is 0.625. The first-order chi connectivity index (χ1) is 9.26. The molecular formula is C16H25NO2. The number of hydrogen-bond acceptors (Lipinski definition) is 3. The predicted octanol–water partition coefficient (Wildman–Crippen LogP) is 3.29. The molecule has 1 saturated carbocycles. The Hall–Kier alpha value is -1.06. The van der Waals surface area contributed by atoms with Crippen LogP contribution in [0.25, 0.3) is 0 Å². The fourth-order valence-corrected chi connectivity index (χ4v) is 3.11. The number of nitrogens with two attached hydrogens (primary N) is 1. The van der Waals surface area contributed by atoms with Gasteiger partial charge in [-0.05, 0) is 36.5 Å². The van der Waals surface area contributed by atoms with Crippen molar-refractivity contribution < 1.29 is 9.47 Å². The van der Waals surface area contributed by atoms with Crippen molar-refractivity contribution in [1.29, 1.82) is 0 Å². The summed E-state index contributed by atoms with van der Waals surface area (Å²) in [5.41, 5.74) is 7.53. The average Bonchev–Trinajstić information content (AvgIpc) is 2.49. The van der Waals surface area contributed by atoms with E-state index in [4.69, 9.17) is 15.2 Å².